The highest BCUT2D eigenvalue weighted by Crippen LogP contribution is 2.59. The van der Waals surface area contributed by atoms with Crippen LogP contribution >= 0.6 is 0 Å². The predicted molar refractivity (Wildman–Crippen MR) is 272 cm³/mol. The van der Waals surface area contributed by atoms with E-state index in [0.717, 1.165) is 101 Å². The molecule has 71 heavy (non-hydrogen) atoms. The molecule has 0 N–H and O–H groups in total. The summed E-state index contributed by atoms with van der Waals surface area (Å²) in [4.78, 5) is 37.1. The number of imidazole rings is 1. The summed E-state index contributed by atoms with van der Waals surface area (Å²) in [6.45, 7) is 4.35. The standard InChI is InChI=1S/C62H43N9/c1-39-13-4-14-40(2)53(39)41-25-32-63-52(35-41)61(56-48(21-9-28-66-56)49-22-10-29-67-57(49)61)44-17-5-15-42(36-44)60(54-46(19-7-26-64-54)47-20-8-27-65-55(47)60)43-16-6-18-45(37-43)62(71-34-33-70(3)38-71)58-50(23-11-30-68-58)51-24-12-31-69-59(51)62/h4-37H,1-3H3. The Labute approximate surface area is 411 Å². The molecule has 3 aliphatic carbocycles. The maximum atomic E-state index is 5.38. The zero-order valence-electron chi connectivity index (χ0n) is 39.2. The molecule has 3 aromatic carbocycles. The van der Waals surface area contributed by atoms with Crippen molar-refractivity contribution in [2.24, 2.45) is 7.05 Å². The lowest BCUT2D eigenvalue weighted by Crippen LogP contribution is -2.39. The van der Waals surface area contributed by atoms with Crippen LogP contribution in [-0.2, 0) is 23.4 Å². The quantitative estimate of drug-likeness (QED) is 0.116. The zero-order chi connectivity index (χ0) is 47.5. The molecule has 0 unspecified atom stereocenters. The van der Waals surface area contributed by atoms with Crippen LogP contribution in [0.4, 0.5) is 0 Å². The molecule has 14 rings (SSSR count). The summed E-state index contributed by atoms with van der Waals surface area (Å²) in [5.41, 5.74) is 18.0. The van der Waals surface area contributed by atoms with E-state index >= 15 is 0 Å². The first-order valence-corrected chi connectivity index (χ1v) is 23.9. The van der Waals surface area contributed by atoms with Gasteiger partial charge in [0.1, 0.15) is 22.2 Å². The van der Waals surface area contributed by atoms with Crippen LogP contribution in [0.15, 0.2) is 207 Å². The van der Waals surface area contributed by atoms with E-state index in [1.165, 1.54) is 16.7 Å². The molecule has 0 saturated carbocycles. The van der Waals surface area contributed by atoms with Crippen LogP contribution in [0.25, 0.3) is 44.5 Å². The molecule has 9 nitrogen and oxygen atoms in total. The van der Waals surface area contributed by atoms with Gasteiger partial charge in [-0.15, -0.1) is 0 Å². The second-order valence-corrected chi connectivity index (χ2v) is 18.8. The van der Waals surface area contributed by atoms with Crippen molar-refractivity contribution >= 4 is 0 Å². The van der Waals surface area contributed by atoms with Gasteiger partial charge in [-0.2, -0.15) is 0 Å². The van der Waals surface area contributed by atoms with E-state index in [9.17, 15) is 0 Å². The maximum Gasteiger partial charge on any atom is 0.205 e. The number of pyridine rings is 7. The molecule has 0 radical (unpaired) electrons. The first-order valence-electron chi connectivity index (χ1n) is 23.9. The molecule has 8 heterocycles. The first kappa shape index (κ1) is 40.9. The minimum atomic E-state index is -1.02. The first-order chi connectivity index (χ1) is 34.9. The third-order valence-electron chi connectivity index (χ3n) is 15.2. The van der Waals surface area contributed by atoms with E-state index in [0.29, 0.717) is 0 Å². The molecule has 0 amide bonds. The molecule has 0 atom stereocenters. The second kappa shape index (κ2) is 15.2. The average Bonchev–Trinajstić information content (AvgIpc) is 4.17. The van der Waals surface area contributed by atoms with Gasteiger partial charge in [-0.25, -0.2) is 0 Å². The summed E-state index contributed by atoms with van der Waals surface area (Å²) in [6, 6.07) is 53.8. The molecule has 0 saturated heterocycles. The molecule has 3 aliphatic rings. The summed E-state index contributed by atoms with van der Waals surface area (Å²) in [5, 5.41) is 0. The van der Waals surface area contributed by atoms with Crippen molar-refractivity contribution in [3.63, 3.8) is 0 Å². The highest BCUT2D eigenvalue weighted by molar-refractivity contribution is 5.87. The minimum absolute atomic E-state index is 0.836. The highest BCUT2D eigenvalue weighted by Gasteiger charge is 2.55. The SMILES string of the molecule is Cc1cccc(C)c1-c1ccnc(C2(c3cccc(C4(c5cccc(C6(n7[c-][n+](C)cc7)c7ncccc7-c7cccnc76)c5)c5ncccc5-c5cccnc54)c3)c3ncccc3-c3cccnc32)c1. The van der Waals surface area contributed by atoms with E-state index in [1.54, 1.807) is 0 Å². The third-order valence-corrected chi connectivity index (χ3v) is 15.2. The van der Waals surface area contributed by atoms with Crippen LogP contribution < -0.4 is 4.57 Å². The highest BCUT2D eigenvalue weighted by atomic mass is 15.2. The zero-order valence-corrected chi connectivity index (χ0v) is 39.2. The Morgan fingerprint density at radius 3 is 1.30 bits per heavy atom. The number of aromatic nitrogens is 9. The van der Waals surface area contributed by atoms with Gasteiger partial charge in [0.2, 0.25) is 6.33 Å². The number of hydrogen-bond acceptors (Lipinski definition) is 7. The van der Waals surface area contributed by atoms with Crippen molar-refractivity contribution in [2.75, 3.05) is 0 Å². The molecule has 9 heteroatoms. The third kappa shape index (κ3) is 5.40. The molecule has 0 bridgehead atoms. The van der Waals surface area contributed by atoms with Gasteiger partial charge in [0.15, 0.2) is 5.54 Å². The maximum absolute atomic E-state index is 5.38. The lowest BCUT2D eigenvalue weighted by molar-refractivity contribution is -0.675. The van der Waals surface area contributed by atoms with E-state index < -0.39 is 16.4 Å². The van der Waals surface area contributed by atoms with Gasteiger partial charge in [-0.05, 0) is 120 Å². The Morgan fingerprint density at radius 1 is 0.408 bits per heavy atom. The Bertz CT molecular complexity index is 3830. The fourth-order valence-corrected chi connectivity index (χ4v) is 12.5. The van der Waals surface area contributed by atoms with Crippen molar-refractivity contribution < 1.29 is 4.57 Å². The normalized spacial score (nSPS) is 14.7. The van der Waals surface area contributed by atoms with Gasteiger partial charge in [0.05, 0.1) is 35.5 Å². The summed E-state index contributed by atoms with van der Waals surface area (Å²) in [6.07, 6.45) is 21.0. The fourth-order valence-electron chi connectivity index (χ4n) is 12.5. The predicted octanol–water partition coefficient (Wildman–Crippen LogP) is 10.7. The second-order valence-electron chi connectivity index (χ2n) is 18.8. The van der Waals surface area contributed by atoms with Gasteiger partial charge in [0, 0.05) is 82.3 Å². The van der Waals surface area contributed by atoms with Gasteiger partial charge < -0.3 is 9.13 Å². The van der Waals surface area contributed by atoms with Crippen LogP contribution in [0, 0.1) is 20.2 Å². The number of fused-ring (bicyclic) bond motifs is 9. The van der Waals surface area contributed by atoms with Crippen LogP contribution in [0.3, 0.4) is 0 Å². The van der Waals surface area contributed by atoms with Crippen LogP contribution in [0.5, 0.6) is 0 Å². The summed E-state index contributed by atoms with van der Waals surface area (Å²) >= 11 is 0. The van der Waals surface area contributed by atoms with Crippen LogP contribution in [0.2, 0.25) is 0 Å². The Balaban J connectivity index is 1.08. The molecule has 0 fully saturated rings. The molecule has 8 aromatic heterocycles. The number of benzene rings is 3. The topological polar surface area (TPSA) is 99.0 Å². The molecule has 11 aromatic rings. The fraction of sp³-hybridized carbons (Fsp3) is 0.0968. The van der Waals surface area contributed by atoms with Crippen LogP contribution in [0.1, 0.15) is 73.2 Å². The summed E-state index contributed by atoms with van der Waals surface area (Å²) in [7, 11) is 1.99. The van der Waals surface area contributed by atoms with Gasteiger partial charge in [0.25, 0.3) is 0 Å². The van der Waals surface area contributed by atoms with Crippen molar-refractivity contribution in [3.05, 3.63) is 287 Å². The smallest absolute Gasteiger partial charge is 0.205 e. The van der Waals surface area contributed by atoms with Crippen molar-refractivity contribution in [2.45, 2.75) is 30.2 Å². The van der Waals surface area contributed by atoms with Gasteiger partial charge >= 0.3 is 0 Å². The molecule has 0 spiro atoms. The molecule has 0 aliphatic heterocycles. The van der Waals surface area contributed by atoms with Crippen molar-refractivity contribution in [3.8, 4) is 44.5 Å². The monoisotopic (exact) mass is 913 g/mol. The lowest BCUT2D eigenvalue weighted by atomic mass is 9.67. The van der Waals surface area contributed by atoms with E-state index in [1.807, 2.05) is 97.6 Å². The van der Waals surface area contributed by atoms with E-state index in [-0.39, 0.29) is 0 Å². The van der Waals surface area contributed by atoms with Gasteiger partial charge in [-0.1, -0.05) is 97.1 Å². The summed E-state index contributed by atoms with van der Waals surface area (Å²) in [5.74, 6) is 0. The van der Waals surface area contributed by atoms with Gasteiger partial charge in [-0.3, -0.25) is 34.9 Å². The number of rotatable bonds is 7. The van der Waals surface area contributed by atoms with E-state index in [2.05, 4.69) is 146 Å². The largest absolute Gasteiger partial charge is 0.354 e. The Morgan fingerprint density at radius 2 is 0.817 bits per heavy atom. The van der Waals surface area contributed by atoms with Crippen LogP contribution in [-0.4, -0.2) is 39.5 Å². The number of hydrogen-bond donors (Lipinski definition) is 0. The Kier molecular flexibility index (Phi) is 8.77. The minimum Gasteiger partial charge on any atom is -0.354 e. The van der Waals surface area contributed by atoms with Crippen molar-refractivity contribution in [1.82, 2.24) is 39.5 Å². The molecular formula is C62H43N9. The molecule has 336 valence electrons. The lowest BCUT2D eigenvalue weighted by Gasteiger charge is -2.36. The number of aryl methyl sites for hydroxylation is 3. The summed E-state index contributed by atoms with van der Waals surface area (Å²) < 4.78 is 4.08. The average molecular weight is 914 g/mol. The number of nitrogens with zero attached hydrogens (tertiary/aromatic N) is 9. The van der Waals surface area contributed by atoms with E-state index in [4.69, 9.17) is 34.9 Å². The molecular weight excluding hydrogens is 871 g/mol. The Hall–Kier alpha value is -9.08. The van der Waals surface area contributed by atoms with Crippen molar-refractivity contribution in [1.29, 1.82) is 0 Å².